The van der Waals surface area contributed by atoms with Gasteiger partial charge in [0.25, 0.3) is 0 Å². The Morgan fingerprint density at radius 1 is 0.905 bits per heavy atom. The Morgan fingerprint density at radius 3 is 2.45 bits per heavy atom. The van der Waals surface area contributed by atoms with E-state index in [0.717, 1.165) is 23.7 Å². The molecule has 42 heavy (non-hydrogen) atoms. The van der Waals surface area contributed by atoms with E-state index in [-0.39, 0.29) is 0 Å². The van der Waals surface area contributed by atoms with Crippen molar-refractivity contribution >= 4 is 11.5 Å². The number of allylic oxidation sites excluding steroid dienone is 2. The molecule has 4 heteroatoms. The second-order valence-electron chi connectivity index (χ2n) is 16.5. The Kier molecular flexibility index (Phi) is 7.25. The number of rotatable bonds is 5. The lowest BCUT2D eigenvalue weighted by atomic mass is 9.34. The van der Waals surface area contributed by atoms with Crippen LogP contribution in [0.25, 0.3) is 5.57 Å². The maximum absolute atomic E-state index is 11.4. The van der Waals surface area contributed by atoms with Crippen LogP contribution in [0.15, 0.2) is 30.3 Å². The van der Waals surface area contributed by atoms with Gasteiger partial charge in [0.2, 0.25) is 0 Å². The monoisotopic (exact) mass is 572 g/mol. The van der Waals surface area contributed by atoms with Crippen molar-refractivity contribution in [1.82, 2.24) is 10.6 Å². The zero-order valence-electron chi connectivity index (χ0n) is 26.8. The quantitative estimate of drug-likeness (QED) is 0.333. The number of carbonyl (C=O) groups is 1. The smallest absolute Gasteiger partial charge is 0.335 e. The first-order chi connectivity index (χ1) is 20.1. The third-order valence-electron chi connectivity index (χ3n) is 15.2. The summed E-state index contributed by atoms with van der Waals surface area (Å²) in [6.45, 7) is 14.3. The van der Waals surface area contributed by atoms with Crippen LogP contribution in [0, 0.1) is 51.8 Å². The van der Waals surface area contributed by atoms with Crippen LogP contribution in [-0.4, -0.2) is 36.2 Å². The van der Waals surface area contributed by atoms with Gasteiger partial charge in [0.05, 0.1) is 5.56 Å². The second-order valence-corrected chi connectivity index (χ2v) is 16.5. The van der Waals surface area contributed by atoms with Crippen molar-refractivity contribution in [3.8, 4) is 0 Å². The van der Waals surface area contributed by atoms with Crippen molar-refractivity contribution in [2.24, 2.45) is 51.8 Å². The molecule has 0 amide bonds. The molecule has 6 aliphatic rings. The molecular formula is C38H56N2O2. The van der Waals surface area contributed by atoms with Crippen LogP contribution in [-0.2, 0) is 0 Å². The molecule has 4 saturated carbocycles. The number of aromatic carboxylic acids is 1. The lowest BCUT2D eigenvalue weighted by molar-refractivity contribution is -0.211. The highest BCUT2D eigenvalue weighted by molar-refractivity contribution is 5.88. The van der Waals surface area contributed by atoms with Gasteiger partial charge >= 0.3 is 5.97 Å². The predicted octanol–water partition coefficient (Wildman–Crippen LogP) is 8.19. The van der Waals surface area contributed by atoms with Gasteiger partial charge in [-0.05, 0) is 165 Å². The van der Waals surface area contributed by atoms with Crippen LogP contribution >= 0.6 is 0 Å². The highest BCUT2D eigenvalue weighted by Gasteiger charge is 2.68. The van der Waals surface area contributed by atoms with E-state index < -0.39 is 5.97 Å². The third-order valence-corrected chi connectivity index (χ3v) is 15.2. The number of fused-ring (bicyclic) bond motifs is 7. The molecule has 10 atom stereocenters. The summed E-state index contributed by atoms with van der Waals surface area (Å²) >= 11 is 0. The second kappa shape index (κ2) is 10.5. The van der Waals surface area contributed by atoms with E-state index in [1.54, 1.807) is 12.1 Å². The summed E-state index contributed by atoms with van der Waals surface area (Å²) in [6, 6.07) is 7.66. The minimum absolute atomic E-state index is 0.349. The lowest BCUT2D eigenvalue weighted by Crippen LogP contribution is -2.67. The normalized spacial score (nSPS) is 46.5. The van der Waals surface area contributed by atoms with Crippen LogP contribution in [0.5, 0.6) is 0 Å². The van der Waals surface area contributed by atoms with E-state index in [2.05, 4.69) is 44.4 Å². The van der Waals surface area contributed by atoms with Gasteiger partial charge in [0.15, 0.2) is 0 Å². The SMILES string of the molecule is CC1C(c2ccc(C(=O)O)cc2)=CCC2(C)C1CCC1(C)C2CCC2[C@H]3CCCC3(NCC3CCCNC3)CC[C@]21C. The first kappa shape index (κ1) is 29.1. The maximum atomic E-state index is 11.4. The molecule has 3 N–H and O–H groups in total. The number of carboxylic acids is 1. The molecule has 4 nitrogen and oxygen atoms in total. The molecule has 0 aromatic heterocycles. The number of nitrogens with one attached hydrogen (secondary N) is 2. The summed E-state index contributed by atoms with van der Waals surface area (Å²) in [4.78, 5) is 11.4. The van der Waals surface area contributed by atoms with E-state index in [4.69, 9.17) is 0 Å². The third kappa shape index (κ3) is 4.24. The lowest BCUT2D eigenvalue weighted by Gasteiger charge is -2.71. The topological polar surface area (TPSA) is 61.4 Å². The summed E-state index contributed by atoms with van der Waals surface area (Å²) < 4.78 is 0. The van der Waals surface area contributed by atoms with Gasteiger partial charge in [0.1, 0.15) is 0 Å². The Morgan fingerprint density at radius 2 is 1.71 bits per heavy atom. The average molecular weight is 573 g/mol. The van der Waals surface area contributed by atoms with E-state index in [1.807, 2.05) is 12.1 Å². The van der Waals surface area contributed by atoms with E-state index >= 15 is 0 Å². The van der Waals surface area contributed by atoms with Crippen molar-refractivity contribution in [2.75, 3.05) is 19.6 Å². The van der Waals surface area contributed by atoms with Crippen LogP contribution in [0.1, 0.15) is 121 Å². The van der Waals surface area contributed by atoms with Gasteiger partial charge in [-0.1, -0.05) is 52.3 Å². The molecular weight excluding hydrogens is 516 g/mol. The first-order valence-corrected chi connectivity index (χ1v) is 17.6. The molecule has 5 aliphatic carbocycles. The van der Waals surface area contributed by atoms with Crippen molar-refractivity contribution in [1.29, 1.82) is 0 Å². The zero-order chi connectivity index (χ0) is 29.3. The summed E-state index contributed by atoms with van der Waals surface area (Å²) in [5.41, 5.74) is 4.66. The molecule has 1 aromatic rings. The minimum Gasteiger partial charge on any atom is -0.478 e. The van der Waals surface area contributed by atoms with Crippen LogP contribution < -0.4 is 10.6 Å². The Balaban J connectivity index is 1.13. The van der Waals surface area contributed by atoms with Gasteiger partial charge in [-0.2, -0.15) is 0 Å². The molecule has 1 saturated heterocycles. The first-order valence-electron chi connectivity index (χ1n) is 17.6. The molecule has 7 rings (SSSR count). The average Bonchev–Trinajstić information content (AvgIpc) is 3.41. The number of hydrogen-bond acceptors (Lipinski definition) is 3. The number of piperidine rings is 1. The van der Waals surface area contributed by atoms with Gasteiger partial charge in [0, 0.05) is 5.54 Å². The number of hydrogen-bond donors (Lipinski definition) is 3. The van der Waals surface area contributed by atoms with Gasteiger partial charge in [-0.3, -0.25) is 0 Å². The Bertz CT molecular complexity index is 1220. The predicted molar refractivity (Wildman–Crippen MR) is 171 cm³/mol. The largest absolute Gasteiger partial charge is 0.478 e. The van der Waals surface area contributed by atoms with Gasteiger partial charge in [-0.25, -0.2) is 4.79 Å². The van der Waals surface area contributed by atoms with Crippen LogP contribution in [0.3, 0.4) is 0 Å². The molecule has 1 aromatic carbocycles. The van der Waals surface area contributed by atoms with Crippen molar-refractivity contribution in [2.45, 2.75) is 110 Å². The molecule has 230 valence electrons. The van der Waals surface area contributed by atoms with Gasteiger partial charge < -0.3 is 15.7 Å². The zero-order valence-corrected chi connectivity index (χ0v) is 26.8. The molecule has 0 spiro atoms. The number of carboxylic acid groups (broad SMARTS) is 1. The fourth-order valence-electron chi connectivity index (χ4n) is 12.7. The molecule has 1 heterocycles. The Hall–Kier alpha value is -1.65. The van der Waals surface area contributed by atoms with Crippen molar-refractivity contribution < 1.29 is 9.90 Å². The fraction of sp³-hybridized carbons (Fsp3) is 0.763. The maximum Gasteiger partial charge on any atom is 0.335 e. The summed E-state index contributed by atoms with van der Waals surface area (Å²) in [6.07, 6.45) is 19.1. The van der Waals surface area contributed by atoms with Crippen LogP contribution in [0.2, 0.25) is 0 Å². The molecule has 0 bridgehead atoms. The van der Waals surface area contributed by atoms with Crippen molar-refractivity contribution in [3.05, 3.63) is 41.5 Å². The summed E-state index contributed by atoms with van der Waals surface area (Å²) in [7, 11) is 0. The fourth-order valence-corrected chi connectivity index (χ4v) is 12.7. The molecule has 0 radical (unpaired) electrons. The van der Waals surface area contributed by atoms with E-state index in [9.17, 15) is 9.90 Å². The summed E-state index contributed by atoms with van der Waals surface area (Å²) in [5.74, 6) is 3.71. The van der Waals surface area contributed by atoms with E-state index in [0.29, 0.717) is 39.2 Å². The number of benzene rings is 1. The van der Waals surface area contributed by atoms with E-state index in [1.165, 1.54) is 108 Å². The minimum atomic E-state index is -0.842. The van der Waals surface area contributed by atoms with Crippen LogP contribution in [0.4, 0.5) is 0 Å². The summed E-state index contributed by atoms with van der Waals surface area (Å²) in [5, 5.41) is 17.3. The Labute approximate surface area is 254 Å². The van der Waals surface area contributed by atoms with Gasteiger partial charge in [-0.15, -0.1) is 0 Å². The molecule has 1 aliphatic heterocycles. The molecule has 8 unspecified atom stereocenters. The molecule has 5 fully saturated rings. The standard InChI is InChI=1S/C38H56N2O2/c1-25-29(27-9-11-28(12-10-27)34(41)42)15-18-35(2)30(25)16-19-37(4)33(35)14-13-31-32-8-5-17-38(32,21-20-36(31,37)3)40-24-26-7-6-22-39-23-26/h9-12,15,25-26,30-33,39-40H,5-8,13-14,16-24H2,1-4H3,(H,41,42)/t25?,26?,30?,31?,32-,33?,35?,36-,37?,38?/m1/s1. The highest BCUT2D eigenvalue weighted by atomic mass is 16.4. The van der Waals surface area contributed by atoms with Crippen molar-refractivity contribution in [3.63, 3.8) is 0 Å². The highest BCUT2D eigenvalue weighted by Crippen LogP contribution is 2.75.